The van der Waals surface area contributed by atoms with Gasteiger partial charge in [0.1, 0.15) is 11.5 Å². The summed E-state index contributed by atoms with van der Waals surface area (Å²) in [6.45, 7) is 1.93. The van der Waals surface area contributed by atoms with Crippen molar-refractivity contribution in [3.05, 3.63) is 89.8 Å². The van der Waals surface area contributed by atoms with Gasteiger partial charge in [-0.05, 0) is 55.2 Å². The molecule has 2 amide bonds. The third kappa shape index (κ3) is 6.87. The lowest BCUT2D eigenvalue weighted by Gasteiger charge is -2.30. The minimum absolute atomic E-state index is 0.113. The van der Waals surface area contributed by atoms with Crippen LogP contribution < -0.4 is 16.0 Å². The number of carboxylic acids is 1. The minimum atomic E-state index is -0.924. The van der Waals surface area contributed by atoms with Crippen LogP contribution in [-0.2, 0) is 9.59 Å². The van der Waals surface area contributed by atoms with Crippen LogP contribution in [0.4, 0.5) is 11.5 Å². The first-order valence-electron chi connectivity index (χ1n) is 14.3. The number of hydrogen-bond donors (Lipinski definition) is 4. The summed E-state index contributed by atoms with van der Waals surface area (Å²) >= 11 is 0. The quantitative estimate of drug-likeness (QED) is 0.233. The van der Waals surface area contributed by atoms with E-state index in [4.69, 9.17) is 4.98 Å². The lowest BCUT2D eigenvalue weighted by Crippen LogP contribution is -2.42. The van der Waals surface area contributed by atoms with E-state index in [0.29, 0.717) is 35.0 Å². The summed E-state index contributed by atoms with van der Waals surface area (Å²) in [5.74, 6) is -0.592. The van der Waals surface area contributed by atoms with Gasteiger partial charge in [-0.3, -0.25) is 18.8 Å². The number of imidazole rings is 1. The first-order chi connectivity index (χ1) is 20.4. The standard InChI is InChI=1S/C33H35N5O4/c1-22(39)35-26-17-15-25(16-18-26)30-32(34-21-23-10-5-2-3-6-11-23)38-19-9-14-27(31(38)37-30)33(42)36-28(20-29(40)41)24-12-7-4-8-13-24/h2-3,5-6,9-10,14-19,24,28,34H,4,7-8,12-13,20-21H2,1H3,(H,35,39)(H,36,42)(H,40,41). The number of nitrogens with zero attached hydrogens (tertiary/aromatic N) is 2. The number of anilines is 2. The van der Waals surface area contributed by atoms with Gasteiger partial charge in [-0.2, -0.15) is 0 Å². The van der Waals surface area contributed by atoms with Crippen molar-refractivity contribution in [1.29, 1.82) is 0 Å². The number of aliphatic carboxylic acids is 1. The molecule has 1 aromatic carbocycles. The lowest BCUT2D eigenvalue weighted by molar-refractivity contribution is -0.137. The van der Waals surface area contributed by atoms with Gasteiger partial charge in [0.15, 0.2) is 5.65 Å². The molecule has 3 aromatic rings. The number of hydrogen-bond acceptors (Lipinski definition) is 5. The van der Waals surface area contributed by atoms with Crippen LogP contribution in [0.2, 0.25) is 0 Å². The maximum atomic E-state index is 13.7. The van der Waals surface area contributed by atoms with E-state index in [1.54, 1.807) is 12.1 Å². The fourth-order valence-electron chi connectivity index (χ4n) is 5.62. The van der Waals surface area contributed by atoms with Crippen molar-refractivity contribution in [3.63, 3.8) is 0 Å². The summed E-state index contributed by atoms with van der Waals surface area (Å²) in [5.41, 5.74) is 7.13. The number of benzene rings is 1. The Morgan fingerprint density at radius 1 is 1.07 bits per heavy atom. The number of rotatable bonds is 10. The number of carbonyl (C=O) groups excluding carboxylic acids is 2. The molecule has 1 fully saturated rings. The summed E-state index contributed by atoms with van der Waals surface area (Å²) in [7, 11) is 0. The van der Waals surface area contributed by atoms with Gasteiger partial charge in [-0.25, -0.2) is 4.98 Å². The third-order valence-electron chi connectivity index (χ3n) is 7.63. The highest BCUT2D eigenvalue weighted by atomic mass is 16.4. The Hall–Kier alpha value is -4.88. The van der Waals surface area contributed by atoms with Crippen LogP contribution in [0.3, 0.4) is 0 Å². The molecular formula is C33H35N5O4. The van der Waals surface area contributed by atoms with E-state index >= 15 is 0 Å². The number of amides is 2. The number of nitrogens with one attached hydrogen (secondary N) is 3. The number of pyridine rings is 1. The number of allylic oxidation sites excluding steroid dienone is 3. The highest BCUT2D eigenvalue weighted by Crippen LogP contribution is 2.32. The van der Waals surface area contributed by atoms with Crippen LogP contribution in [0.25, 0.3) is 16.9 Å². The molecule has 9 nitrogen and oxygen atoms in total. The van der Waals surface area contributed by atoms with Gasteiger partial charge in [0.25, 0.3) is 5.91 Å². The van der Waals surface area contributed by atoms with Gasteiger partial charge < -0.3 is 21.1 Å². The molecular weight excluding hydrogens is 530 g/mol. The second-order valence-electron chi connectivity index (χ2n) is 10.7. The summed E-state index contributed by atoms with van der Waals surface area (Å²) < 4.78 is 1.85. The number of carbonyl (C=O) groups is 3. The zero-order chi connectivity index (χ0) is 29.5. The maximum Gasteiger partial charge on any atom is 0.305 e. The summed E-state index contributed by atoms with van der Waals surface area (Å²) in [5, 5.41) is 18.9. The van der Waals surface area contributed by atoms with Crippen molar-refractivity contribution in [2.24, 2.45) is 5.92 Å². The van der Waals surface area contributed by atoms with Crippen LogP contribution in [-0.4, -0.2) is 44.9 Å². The zero-order valence-electron chi connectivity index (χ0n) is 23.6. The largest absolute Gasteiger partial charge is 0.481 e. The molecule has 4 N–H and O–H groups in total. The van der Waals surface area contributed by atoms with Gasteiger partial charge in [0.2, 0.25) is 5.91 Å². The number of aromatic nitrogens is 2. The minimum Gasteiger partial charge on any atom is -0.481 e. The molecule has 1 atom stereocenters. The Morgan fingerprint density at radius 2 is 1.86 bits per heavy atom. The average molecular weight is 566 g/mol. The Bertz CT molecular complexity index is 1600. The molecule has 2 aliphatic carbocycles. The van der Waals surface area contributed by atoms with E-state index in [0.717, 1.165) is 43.2 Å². The smallest absolute Gasteiger partial charge is 0.305 e. The van der Waals surface area contributed by atoms with Crippen LogP contribution in [0.1, 0.15) is 55.8 Å². The van der Waals surface area contributed by atoms with Gasteiger partial charge >= 0.3 is 5.97 Å². The Kier molecular flexibility index (Phi) is 8.99. The Balaban J connectivity index is 1.51. The lowest BCUT2D eigenvalue weighted by atomic mass is 9.82. The van der Waals surface area contributed by atoms with E-state index in [1.165, 1.54) is 6.92 Å². The maximum absolute atomic E-state index is 13.7. The first-order valence-corrected chi connectivity index (χ1v) is 14.3. The molecule has 2 aromatic heterocycles. The van der Waals surface area contributed by atoms with E-state index in [1.807, 2.05) is 65.2 Å². The predicted octanol–water partition coefficient (Wildman–Crippen LogP) is 5.73. The molecule has 216 valence electrons. The van der Waals surface area contributed by atoms with E-state index in [-0.39, 0.29) is 24.2 Å². The fourth-order valence-corrected chi connectivity index (χ4v) is 5.62. The first kappa shape index (κ1) is 28.6. The summed E-state index contributed by atoms with van der Waals surface area (Å²) in [4.78, 5) is 41.8. The van der Waals surface area contributed by atoms with Crippen LogP contribution in [0.5, 0.6) is 0 Å². The molecule has 2 heterocycles. The highest BCUT2D eigenvalue weighted by Gasteiger charge is 2.29. The Labute approximate surface area is 244 Å². The van der Waals surface area contributed by atoms with Crippen molar-refractivity contribution >= 4 is 34.9 Å². The van der Waals surface area contributed by atoms with E-state index in [9.17, 15) is 19.5 Å². The molecule has 0 radical (unpaired) electrons. The van der Waals surface area contributed by atoms with Gasteiger partial charge in [-0.15, -0.1) is 5.73 Å². The van der Waals surface area contributed by atoms with Gasteiger partial charge in [0.05, 0.1) is 12.0 Å². The molecule has 0 saturated heterocycles. The van der Waals surface area contributed by atoms with E-state index < -0.39 is 12.0 Å². The second-order valence-corrected chi connectivity index (χ2v) is 10.7. The highest BCUT2D eigenvalue weighted by molar-refractivity contribution is 6.01. The van der Waals surface area contributed by atoms with Crippen LogP contribution in [0, 0.1) is 5.92 Å². The molecule has 0 bridgehead atoms. The predicted molar refractivity (Wildman–Crippen MR) is 163 cm³/mol. The molecule has 9 heteroatoms. The SMILES string of the molecule is CC(=O)Nc1ccc(-c2nc3c(C(=O)NC(CC(=O)O)C4CCCCC4)cccn3c2NCC2=C=CC=CC=C2)cc1. The van der Waals surface area contributed by atoms with Crippen LogP contribution in [0.15, 0.2) is 84.3 Å². The average Bonchev–Trinajstić information content (AvgIpc) is 3.15. The van der Waals surface area contributed by atoms with Crippen molar-refractivity contribution in [2.75, 3.05) is 17.2 Å². The molecule has 1 saturated carbocycles. The van der Waals surface area contributed by atoms with Crippen molar-refractivity contribution in [3.8, 4) is 11.3 Å². The Morgan fingerprint density at radius 3 is 2.60 bits per heavy atom. The normalized spacial score (nSPS) is 15.6. The monoisotopic (exact) mass is 565 g/mol. The number of carboxylic acid groups (broad SMARTS) is 1. The van der Waals surface area contributed by atoms with Gasteiger partial charge in [0, 0.05) is 42.5 Å². The van der Waals surface area contributed by atoms with Crippen molar-refractivity contribution in [1.82, 2.24) is 14.7 Å². The van der Waals surface area contributed by atoms with Crippen molar-refractivity contribution < 1.29 is 19.5 Å². The summed E-state index contributed by atoms with van der Waals surface area (Å²) in [6, 6.07) is 10.4. The topological polar surface area (TPSA) is 125 Å². The van der Waals surface area contributed by atoms with Crippen molar-refractivity contribution in [2.45, 2.75) is 51.5 Å². The molecule has 2 aliphatic rings. The second kappa shape index (κ2) is 13.2. The third-order valence-corrected chi connectivity index (χ3v) is 7.63. The fraction of sp³-hybridized carbons (Fsp3) is 0.303. The molecule has 0 spiro atoms. The molecule has 42 heavy (non-hydrogen) atoms. The summed E-state index contributed by atoms with van der Waals surface area (Å²) in [6.07, 6.45) is 16.4. The molecule has 0 aliphatic heterocycles. The van der Waals surface area contributed by atoms with Gasteiger partial charge in [-0.1, -0.05) is 49.6 Å². The number of fused-ring (bicyclic) bond motifs is 1. The van der Waals surface area contributed by atoms with Crippen LogP contribution >= 0.6 is 0 Å². The van der Waals surface area contributed by atoms with E-state index in [2.05, 4.69) is 21.7 Å². The zero-order valence-corrected chi connectivity index (χ0v) is 23.6. The molecule has 5 rings (SSSR count). The molecule has 1 unspecified atom stereocenters.